The second kappa shape index (κ2) is 7.51. The first kappa shape index (κ1) is 17.2. The average molecular weight is 336 g/mol. The van der Waals surface area contributed by atoms with E-state index in [1.165, 1.54) is 5.56 Å². The molecule has 1 aliphatic rings. The Hall–Kier alpha value is -2.62. The van der Waals surface area contributed by atoms with E-state index in [0.29, 0.717) is 17.0 Å². The predicted octanol–water partition coefficient (Wildman–Crippen LogP) is 4.30. The minimum atomic E-state index is -0.201. The molecular weight excluding hydrogens is 312 g/mol. The van der Waals surface area contributed by atoms with Crippen LogP contribution < -0.4 is 5.32 Å². The lowest BCUT2D eigenvalue weighted by Gasteiger charge is -2.15. The zero-order valence-electron chi connectivity index (χ0n) is 14.8. The zero-order chi connectivity index (χ0) is 17.8. The zero-order valence-corrected chi connectivity index (χ0v) is 14.8. The number of carbonyl (C=O) groups is 2. The van der Waals surface area contributed by atoms with Gasteiger partial charge in [0.15, 0.2) is 0 Å². The fourth-order valence-corrected chi connectivity index (χ4v) is 3.05. The molecule has 130 valence electrons. The molecule has 2 aromatic rings. The van der Waals surface area contributed by atoms with Crippen LogP contribution in [0.5, 0.6) is 0 Å². The number of amides is 2. The summed E-state index contributed by atoms with van der Waals surface area (Å²) in [6.07, 6.45) is 2.11. The van der Waals surface area contributed by atoms with Crippen LogP contribution in [0.2, 0.25) is 0 Å². The fraction of sp³-hybridized carbons (Fsp3) is 0.333. The SMILES string of the molecule is CC(C)c1ccc(NC(=O)c2cccc(C(=O)N3CCCC3)c2)cc1. The second-order valence-electron chi connectivity index (χ2n) is 6.81. The Labute approximate surface area is 148 Å². The van der Waals surface area contributed by atoms with Crippen molar-refractivity contribution in [1.82, 2.24) is 4.90 Å². The maximum absolute atomic E-state index is 12.5. The molecule has 1 N–H and O–H groups in total. The van der Waals surface area contributed by atoms with E-state index in [1.54, 1.807) is 24.3 Å². The van der Waals surface area contributed by atoms with Crippen LogP contribution in [0.3, 0.4) is 0 Å². The smallest absolute Gasteiger partial charge is 0.255 e. The summed E-state index contributed by atoms with van der Waals surface area (Å²) in [6.45, 7) is 5.88. The highest BCUT2D eigenvalue weighted by Gasteiger charge is 2.20. The molecule has 1 saturated heterocycles. The van der Waals surface area contributed by atoms with Crippen molar-refractivity contribution in [2.75, 3.05) is 18.4 Å². The van der Waals surface area contributed by atoms with E-state index in [4.69, 9.17) is 0 Å². The minimum Gasteiger partial charge on any atom is -0.339 e. The molecule has 4 heteroatoms. The summed E-state index contributed by atoms with van der Waals surface area (Å²) in [6, 6.07) is 14.8. The molecule has 2 amide bonds. The third-order valence-corrected chi connectivity index (χ3v) is 4.60. The van der Waals surface area contributed by atoms with Gasteiger partial charge in [0.1, 0.15) is 0 Å². The first-order valence-electron chi connectivity index (χ1n) is 8.85. The average Bonchev–Trinajstić information content (AvgIpc) is 3.16. The predicted molar refractivity (Wildman–Crippen MR) is 100 cm³/mol. The molecule has 3 rings (SSSR count). The lowest BCUT2D eigenvalue weighted by molar-refractivity contribution is 0.0793. The number of hydrogen-bond acceptors (Lipinski definition) is 2. The van der Waals surface area contributed by atoms with Crippen LogP contribution in [0, 0.1) is 0 Å². The van der Waals surface area contributed by atoms with Crippen molar-refractivity contribution >= 4 is 17.5 Å². The van der Waals surface area contributed by atoms with E-state index in [-0.39, 0.29) is 11.8 Å². The van der Waals surface area contributed by atoms with Gasteiger partial charge in [-0.25, -0.2) is 0 Å². The topological polar surface area (TPSA) is 49.4 Å². The summed E-state index contributed by atoms with van der Waals surface area (Å²) in [5.74, 6) is 0.264. The van der Waals surface area contributed by atoms with Crippen molar-refractivity contribution in [2.24, 2.45) is 0 Å². The maximum Gasteiger partial charge on any atom is 0.255 e. The molecule has 0 aromatic heterocycles. The van der Waals surface area contributed by atoms with E-state index >= 15 is 0 Å². The lowest BCUT2D eigenvalue weighted by Crippen LogP contribution is -2.27. The maximum atomic E-state index is 12.5. The summed E-state index contributed by atoms with van der Waals surface area (Å²) < 4.78 is 0. The van der Waals surface area contributed by atoms with E-state index in [0.717, 1.165) is 31.6 Å². The minimum absolute atomic E-state index is 0.00781. The molecule has 1 fully saturated rings. The summed E-state index contributed by atoms with van der Waals surface area (Å²) in [4.78, 5) is 26.8. The molecule has 0 radical (unpaired) electrons. The third kappa shape index (κ3) is 4.08. The molecule has 0 saturated carbocycles. The summed E-state index contributed by atoms with van der Waals surface area (Å²) >= 11 is 0. The summed E-state index contributed by atoms with van der Waals surface area (Å²) in [5, 5.41) is 2.90. The molecule has 2 aromatic carbocycles. The Morgan fingerprint density at radius 3 is 2.24 bits per heavy atom. The van der Waals surface area contributed by atoms with E-state index in [2.05, 4.69) is 19.2 Å². The van der Waals surface area contributed by atoms with Gasteiger partial charge < -0.3 is 10.2 Å². The second-order valence-corrected chi connectivity index (χ2v) is 6.81. The number of benzene rings is 2. The molecule has 0 unspecified atom stereocenters. The normalized spacial score (nSPS) is 14.0. The van der Waals surface area contributed by atoms with Gasteiger partial charge in [-0.15, -0.1) is 0 Å². The van der Waals surface area contributed by atoms with Crippen LogP contribution in [-0.4, -0.2) is 29.8 Å². The number of hydrogen-bond donors (Lipinski definition) is 1. The van der Waals surface area contributed by atoms with Crippen molar-refractivity contribution in [3.05, 3.63) is 65.2 Å². The Morgan fingerprint density at radius 2 is 1.60 bits per heavy atom. The number of carbonyl (C=O) groups excluding carboxylic acids is 2. The molecule has 1 aliphatic heterocycles. The van der Waals surface area contributed by atoms with Gasteiger partial charge in [-0.3, -0.25) is 9.59 Å². The van der Waals surface area contributed by atoms with Crippen molar-refractivity contribution in [2.45, 2.75) is 32.6 Å². The van der Waals surface area contributed by atoms with Gasteiger partial charge in [0, 0.05) is 29.9 Å². The van der Waals surface area contributed by atoms with Gasteiger partial charge in [-0.05, 0) is 54.7 Å². The molecule has 0 aliphatic carbocycles. The number of anilines is 1. The molecule has 0 spiro atoms. The van der Waals surface area contributed by atoms with Gasteiger partial charge in [0.25, 0.3) is 11.8 Å². The lowest BCUT2D eigenvalue weighted by atomic mass is 10.0. The Kier molecular flexibility index (Phi) is 5.17. The molecule has 25 heavy (non-hydrogen) atoms. The van der Waals surface area contributed by atoms with Crippen LogP contribution in [0.25, 0.3) is 0 Å². The van der Waals surface area contributed by atoms with Crippen LogP contribution in [0.15, 0.2) is 48.5 Å². The highest BCUT2D eigenvalue weighted by Crippen LogP contribution is 2.18. The highest BCUT2D eigenvalue weighted by atomic mass is 16.2. The monoisotopic (exact) mass is 336 g/mol. The number of nitrogens with one attached hydrogen (secondary N) is 1. The summed E-state index contributed by atoms with van der Waals surface area (Å²) in [7, 11) is 0. The van der Waals surface area contributed by atoms with Crippen molar-refractivity contribution in [1.29, 1.82) is 0 Å². The van der Waals surface area contributed by atoms with Crippen LogP contribution >= 0.6 is 0 Å². The number of likely N-dealkylation sites (tertiary alicyclic amines) is 1. The van der Waals surface area contributed by atoms with Gasteiger partial charge in [-0.2, -0.15) is 0 Å². The third-order valence-electron chi connectivity index (χ3n) is 4.60. The molecular formula is C21H24N2O2. The first-order valence-corrected chi connectivity index (χ1v) is 8.85. The quantitative estimate of drug-likeness (QED) is 0.905. The highest BCUT2D eigenvalue weighted by molar-refractivity contribution is 6.06. The van der Waals surface area contributed by atoms with Crippen LogP contribution in [0.4, 0.5) is 5.69 Å². The van der Waals surface area contributed by atoms with Crippen molar-refractivity contribution in [3.63, 3.8) is 0 Å². The number of nitrogens with zero attached hydrogens (tertiary/aromatic N) is 1. The fourth-order valence-electron chi connectivity index (χ4n) is 3.05. The summed E-state index contributed by atoms with van der Waals surface area (Å²) in [5.41, 5.74) is 3.06. The molecule has 0 bridgehead atoms. The van der Waals surface area contributed by atoms with Crippen LogP contribution in [0.1, 0.15) is 58.9 Å². The van der Waals surface area contributed by atoms with E-state index < -0.39 is 0 Å². The molecule has 0 atom stereocenters. The largest absolute Gasteiger partial charge is 0.339 e. The molecule has 4 nitrogen and oxygen atoms in total. The Bertz CT molecular complexity index is 760. The Morgan fingerprint density at radius 1 is 0.960 bits per heavy atom. The van der Waals surface area contributed by atoms with Gasteiger partial charge >= 0.3 is 0 Å². The standard InChI is InChI=1S/C21H24N2O2/c1-15(2)16-8-10-19(11-9-16)22-20(24)17-6-5-7-18(14-17)21(25)23-12-3-4-13-23/h5-11,14-15H,3-4,12-13H2,1-2H3,(H,22,24). The van der Waals surface area contributed by atoms with Crippen molar-refractivity contribution in [3.8, 4) is 0 Å². The van der Waals surface area contributed by atoms with Crippen molar-refractivity contribution < 1.29 is 9.59 Å². The molecule has 1 heterocycles. The van der Waals surface area contributed by atoms with Crippen LogP contribution in [-0.2, 0) is 0 Å². The Balaban J connectivity index is 1.71. The van der Waals surface area contributed by atoms with E-state index in [1.807, 2.05) is 29.2 Å². The van der Waals surface area contributed by atoms with Gasteiger partial charge in [0.2, 0.25) is 0 Å². The van der Waals surface area contributed by atoms with Gasteiger partial charge in [-0.1, -0.05) is 32.0 Å². The van der Waals surface area contributed by atoms with Gasteiger partial charge in [0.05, 0.1) is 0 Å². The van der Waals surface area contributed by atoms with E-state index in [9.17, 15) is 9.59 Å². The number of rotatable bonds is 4. The first-order chi connectivity index (χ1) is 12.0.